The number of piperazine rings is 1. The van der Waals surface area contributed by atoms with E-state index < -0.39 is 0 Å². The van der Waals surface area contributed by atoms with Crippen molar-refractivity contribution < 1.29 is 14.6 Å². The number of nitrogens with zero attached hydrogens (tertiary/aromatic N) is 4. The molecule has 0 bridgehead atoms. The summed E-state index contributed by atoms with van der Waals surface area (Å²) in [7, 11) is 2.21. The number of carbonyl (C=O) groups is 1. The molecule has 48 heavy (non-hydrogen) atoms. The van der Waals surface area contributed by atoms with Crippen molar-refractivity contribution in [2.24, 2.45) is 11.8 Å². The molecule has 10 heteroatoms. The van der Waals surface area contributed by atoms with Gasteiger partial charge in [-0.2, -0.15) is 5.26 Å². The molecular weight excluding hydrogens is 624 g/mol. The molecule has 0 radical (unpaired) electrons. The molecule has 3 saturated heterocycles. The largest absolute Gasteiger partial charge is 0.508 e. The third-order valence-corrected chi connectivity index (χ3v) is 13.7. The summed E-state index contributed by atoms with van der Waals surface area (Å²) in [5.41, 5.74) is 2.24. The van der Waals surface area contributed by atoms with E-state index in [0.29, 0.717) is 49.0 Å². The molecule has 7 atom stereocenters. The number of likely N-dealkylation sites (tertiary alicyclic amines) is 1. The lowest BCUT2D eigenvalue weighted by molar-refractivity contribution is -0.158. The van der Waals surface area contributed by atoms with Crippen LogP contribution in [0.4, 0.5) is 0 Å². The van der Waals surface area contributed by atoms with Crippen LogP contribution in [0.1, 0.15) is 94.6 Å². The van der Waals surface area contributed by atoms with Gasteiger partial charge in [0.25, 0.3) is 0 Å². The van der Waals surface area contributed by atoms with Crippen LogP contribution in [0.15, 0.2) is 24.8 Å². The first-order chi connectivity index (χ1) is 23.3. The topological polar surface area (TPSA) is 104 Å². The van der Waals surface area contributed by atoms with E-state index in [9.17, 15) is 15.2 Å². The molecule has 4 unspecified atom stereocenters. The van der Waals surface area contributed by atoms with E-state index in [1.165, 1.54) is 62.1 Å². The number of halogens is 1. The van der Waals surface area contributed by atoms with E-state index in [1.54, 1.807) is 6.07 Å². The van der Waals surface area contributed by atoms with Crippen molar-refractivity contribution in [2.45, 2.75) is 125 Å². The van der Waals surface area contributed by atoms with Gasteiger partial charge in [-0.3, -0.25) is 20.3 Å². The number of carbonyl (C=O) groups excluding carboxylic acids is 1. The Bertz CT molecular complexity index is 1390. The van der Waals surface area contributed by atoms with Crippen LogP contribution >= 0.6 is 11.6 Å². The third kappa shape index (κ3) is 6.31. The number of hydrogen-bond acceptors (Lipinski definition) is 8. The molecule has 3 N–H and O–H groups in total. The predicted molar refractivity (Wildman–Crippen MR) is 187 cm³/mol. The number of ether oxygens (including phenoxy) is 1. The lowest BCUT2D eigenvalue weighted by Crippen LogP contribution is -2.79. The van der Waals surface area contributed by atoms with Crippen molar-refractivity contribution in [3.63, 3.8) is 0 Å². The van der Waals surface area contributed by atoms with Crippen LogP contribution in [0.2, 0.25) is 5.02 Å². The minimum Gasteiger partial charge on any atom is -0.508 e. The molecule has 7 rings (SSSR count). The van der Waals surface area contributed by atoms with Crippen LogP contribution in [-0.4, -0.2) is 95.7 Å². The van der Waals surface area contributed by atoms with Gasteiger partial charge < -0.3 is 19.6 Å². The smallest absolute Gasteiger partial charge is 0.246 e. The zero-order valence-corrected chi connectivity index (χ0v) is 29.5. The van der Waals surface area contributed by atoms with Crippen molar-refractivity contribution in [1.82, 2.24) is 25.3 Å². The summed E-state index contributed by atoms with van der Waals surface area (Å²) in [5.74, 6) is 0.993. The number of rotatable bonds is 7. The van der Waals surface area contributed by atoms with Gasteiger partial charge in [0.05, 0.1) is 31.3 Å². The van der Waals surface area contributed by atoms with Gasteiger partial charge in [-0.05, 0) is 112 Å². The molecule has 0 aromatic heterocycles. The summed E-state index contributed by atoms with van der Waals surface area (Å²) >= 11 is 6.79. The molecule has 3 aliphatic carbocycles. The third-order valence-electron chi connectivity index (χ3n) is 13.3. The second-order valence-corrected chi connectivity index (χ2v) is 16.2. The highest BCUT2D eigenvalue weighted by Crippen LogP contribution is 2.59. The van der Waals surface area contributed by atoms with Crippen molar-refractivity contribution in [3.05, 3.63) is 40.9 Å². The second-order valence-electron chi connectivity index (χ2n) is 15.8. The van der Waals surface area contributed by atoms with Crippen LogP contribution in [0, 0.1) is 23.2 Å². The van der Waals surface area contributed by atoms with Gasteiger partial charge in [0.1, 0.15) is 5.75 Å². The highest BCUT2D eigenvalue weighted by atomic mass is 35.5. The number of nitriles is 1. The van der Waals surface area contributed by atoms with Crippen LogP contribution < -0.4 is 10.6 Å². The van der Waals surface area contributed by atoms with E-state index in [0.717, 1.165) is 51.6 Å². The Balaban J connectivity index is 1.27. The molecule has 1 aromatic carbocycles. The number of likely N-dealkylation sites (N-methyl/N-ethyl adjacent to an activating group) is 1. The minimum atomic E-state index is -0.311. The Labute approximate surface area is 292 Å². The summed E-state index contributed by atoms with van der Waals surface area (Å²) < 4.78 is 6.88. The summed E-state index contributed by atoms with van der Waals surface area (Å²) in [4.78, 5) is 19.6. The standard InChI is InChI=1S/C38H55ClN6O3/c1-3-34(47)45-20-19-44(23-27(45)14-17-40)35-31-13-16-37(15-12-30-32(37)21-29(46)22-33(30)39)25-38(31,26-9-6-4-5-7-10-26)42-36(41-35)48-24-28-11-8-18-43(28)2/h3,21-22,26-28,31,35-36,41-42,46H,1,4-16,18-20,23-25H2,2H3/t27-,28-,31?,35?,36?,37-,38?/m1/s1. The first kappa shape index (κ1) is 34.3. The van der Waals surface area contributed by atoms with E-state index in [4.69, 9.17) is 16.3 Å². The number of amides is 1. The molecule has 1 amide bonds. The van der Waals surface area contributed by atoms with E-state index in [2.05, 4.69) is 40.1 Å². The number of phenols is 1. The fourth-order valence-electron chi connectivity index (χ4n) is 10.9. The van der Waals surface area contributed by atoms with Crippen molar-refractivity contribution in [1.29, 1.82) is 5.26 Å². The maximum absolute atomic E-state index is 12.8. The summed E-state index contributed by atoms with van der Waals surface area (Å²) in [6, 6.07) is 6.32. The number of aromatic hydroxyl groups is 1. The second kappa shape index (κ2) is 14.2. The SMILES string of the molecule is C=CC(=O)N1CCN(C2NC(OC[C@H]3CCCN3C)NC3(C4CCCCCC4)C[C@@]4(CCc5c(Cl)cc(O)cc54)CCC23)C[C@H]1CC#N. The van der Waals surface area contributed by atoms with Crippen molar-refractivity contribution in [2.75, 3.05) is 39.8 Å². The lowest BCUT2D eigenvalue weighted by Gasteiger charge is -2.63. The Morgan fingerprint density at radius 1 is 1.12 bits per heavy atom. The fourth-order valence-corrected chi connectivity index (χ4v) is 11.2. The zero-order chi connectivity index (χ0) is 33.5. The molecule has 3 heterocycles. The molecule has 9 nitrogen and oxygen atoms in total. The Morgan fingerprint density at radius 2 is 1.94 bits per heavy atom. The van der Waals surface area contributed by atoms with Gasteiger partial charge in [-0.25, -0.2) is 0 Å². The average Bonchev–Trinajstić information content (AvgIpc) is 3.52. The van der Waals surface area contributed by atoms with E-state index >= 15 is 0 Å². The highest BCUT2D eigenvalue weighted by molar-refractivity contribution is 6.31. The number of benzene rings is 1. The molecule has 262 valence electrons. The number of fused-ring (bicyclic) bond motifs is 3. The molecule has 2 saturated carbocycles. The van der Waals surface area contributed by atoms with Crippen LogP contribution in [0.25, 0.3) is 0 Å². The number of nitrogens with one attached hydrogen (secondary N) is 2. The molecule has 6 aliphatic rings. The lowest BCUT2D eigenvalue weighted by atomic mass is 9.53. The van der Waals surface area contributed by atoms with E-state index in [1.807, 2.05) is 11.0 Å². The first-order valence-electron chi connectivity index (χ1n) is 18.7. The molecule has 1 aromatic rings. The zero-order valence-electron chi connectivity index (χ0n) is 28.8. The summed E-state index contributed by atoms with van der Waals surface area (Å²) in [6.07, 6.45) is 16.4. The number of hydrogen-bond donors (Lipinski definition) is 3. The van der Waals surface area contributed by atoms with Gasteiger partial charge in [0, 0.05) is 42.2 Å². The normalized spacial score (nSPS) is 36.4. The monoisotopic (exact) mass is 678 g/mol. The predicted octanol–water partition coefficient (Wildman–Crippen LogP) is 5.26. The fraction of sp³-hybridized carbons (Fsp3) is 0.737. The van der Waals surface area contributed by atoms with Crippen molar-refractivity contribution in [3.8, 4) is 11.8 Å². The maximum atomic E-state index is 12.8. The Kier molecular flexibility index (Phi) is 10.1. The Morgan fingerprint density at radius 3 is 2.67 bits per heavy atom. The maximum Gasteiger partial charge on any atom is 0.246 e. The van der Waals surface area contributed by atoms with Gasteiger partial charge in [0.2, 0.25) is 5.91 Å². The molecule has 3 aliphatic heterocycles. The van der Waals surface area contributed by atoms with Gasteiger partial charge >= 0.3 is 0 Å². The minimum absolute atomic E-state index is 0.0500. The average molecular weight is 679 g/mol. The van der Waals surface area contributed by atoms with E-state index in [-0.39, 0.29) is 41.2 Å². The first-order valence-corrected chi connectivity index (χ1v) is 19.1. The van der Waals surface area contributed by atoms with Crippen LogP contribution in [0.5, 0.6) is 5.75 Å². The number of phenolic OH excluding ortho intramolecular Hbond substituents is 1. The van der Waals surface area contributed by atoms with Gasteiger partial charge in [0.15, 0.2) is 6.35 Å². The quantitative estimate of drug-likeness (QED) is 0.265. The van der Waals surface area contributed by atoms with Crippen LogP contribution in [0.3, 0.4) is 0 Å². The summed E-state index contributed by atoms with van der Waals surface area (Å²) in [5, 5.41) is 29.5. The van der Waals surface area contributed by atoms with Crippen LogP contribution in [-0.2, 0) is 21.4 Å². The van der Waals surface area contributed by atoms with Crippen molar-refractivity contribution >= 4 is 17.5 Å². The Hall–Kier alpha value is -2.19. The van der Waals surface area contributed by atoms with Gasteiger partial charge in [-0.15, -0.1) is 0 Å². The molecule has 5 fully saturated rings. The summed E-state index contributed by atoms with van der Waals surface area (Å²) in [6.45, 7) is 7.50. The van der Waals surface area contributed by atoms with Gasteiger partial charge in [-0.1, -0.05) is 43.9 Å². The molecule has 1 spiro atoms. The molecular formula is C38H55ClN6O3. The highest BCUT2D eigenvalue weighted by Gasteiger charge is 2.61.